The third kappa shape index (κ3) is 5.15. The van der Waals surface area contributed by atoms with Gasteiger partial charge in [-0.3, -0.25) is 0 Å². The average Bonchev–Trinajstić information content (AvgIpc) is 2.45. The minimum atomic E-state index is 0.371. The molecule has 1 aliphatic heterocycles. The van der Waals surface area contributed by atoms with Crippen molar-refractivity contribution in [3.8, 4) is 5.75 Å². The molecule has 2 rings (SSSR count). The van der Waals surface area contributed by atoms with Gasteiger partial charge in [-0.15, -0.1) is 6.58 Å². The number of ether oxygens (including phenoxy) is 2. The Kier molecular flexibility index (Phi) is 6.47. The van der Waals surface area contributed by atoms with Gasteiger partial charge in [0.05, 0.1) is 13.2 Å². The van der Waals surface area contributed by atoms with Crippen LogP contribution in [0.4, 0.5) is 0 Å². The highest BCUT2D eigenvalue weighted by molar-refractivity contribution is 5.38. The Morgan fingerprint density at radius 1 is 1.32 bits per heavy atom. The topological polar surface area (TPSA) is 22.9 Å². The summed E-state index contributed by atoms with van der Waals surface area (Å²) >= 11 is 0. The number of hydrogen-bond donors (Lipinski definition) is 1. The average molecular weight is 304 g/mol. The van der Waals surface area contributed by atoms with E-state index in [2.05, 4.69) is 45.5 Å². The summed E-state index contributed by atoms with van der Waals surface area (Å²) in [5, 5.41) is 0. The van der Waals surface area contributed by atoms with Crippen LogP contribution in [-0.4, -0.2) is 38.4 Å². The summed E-state index contributed by atoms with van der Waals surface area (Å²) in [5.41, 5.74) is 2.50. The molecular formula is C19H30NO2+. The Balaban J connectivity index is 1.78. The second kappa shape index (κ2) is 8.35. The van der Waals surface area contributed by atoms with E-state index in [0.29, 0.717) is 12.2 Å². The minimum absolute atomic E-state index is 0.371. The second-order valence-electron chi connectivity index (χ2n) is 6.47. The number of morpholine rings is 1. The van der Waals surface area contributed by atoms with Crippen LogP contribution in [0.3, 0.4) is 0 Å². The molecule has 0 spiro atoms. The Labute approximate surface area is 134 Å². The van der Waals surface area contributed by atoms with Crippen molar-refractivity contribution in [2.45, 2.75) is 45.8 Å². The first-order chi connectivity index (χ1) is 10.6. The van der Waals surface area contributed by atoms with Gasteiger partial charge in [-0.05, 0) is 38.8 Å². The number of benzene rings is 1. The Bertz CT molecular complexity index is 476. The van der Waals surface area contributed by atoms with Crippen LogP contribution in [0.2, 0.25) is 0 Å². The highest BCUT2D eigenvalue weighted by Crippen LogP contribution is 2.21. The second-order valence-corrected chi connectivity index (χ2v) is 6.47. The van der Waals surface area contributed by atoms with Gasteiger partial charge in [0.2, 0.25) is 0 Å². The van der Waals surface area contributed by atoms with Gasteiger partial charge in [0, 0.05) is 6.42 Å². The molecule has 3 atom stereocenters. The molecule has 122 valence electrons. The SMILES string of the molecule is C=CCc1cc(C)ccc1OCCC[NH+]1C[C@@H](C)O[C@@H](C)C1. The summed E-state index contributed by atoms with van der Waals surface area (Å²) < 4.78 is 11.8. The first kappa shape index (κ1) is 17.0. The maximum absolute atomic E-state index is 6.00. The molecule has 1 fully saturated rings. The van der Waals surface area contributed by atoms with E-state index in [-0.39, 0.29) is 0 Å². The molecule has 1 heterocycles. The summed E-state index contributed by atoms with van der Waals surface area (Å²) in [6, 6.07) is 6.38. The van der Waals surface area contributed by atoms with Gasteiger partial charge >= 0.3 is 0 Å². The quantitative estimate of drug-likeness (QED) is 0.616. The number of rotatable bonds is 7. The summed E-state index contributed by atoms with van der Waals surface area (Å²) in [5.74, 6) is 1.00. The van der Waals surface area contributed by atoms with Crippen molar-refractivity contribution < 1.29 is 14.4 Å². The molecule has 0 aromatic heterocycles. The summed E-state index contributed by atoms with van der Waals surface area (Å²) in [7, 11) is 0. The van der Waals surface area contributed by atoms with E-state index in [1.165, 1.54) is 11.1 Å². The van der Waals surface area contributed by atoms with Gasteiger partial charge < -0.3 is 14.4 Å². The zero-order valence-corrected chi connectivity index (χ0v) is 14.2. The van der Waals surface area contributed by atoms with Gasteiger partial charge in [0.1, 0.15) is 31.0 Å². The molecule has 3 nitrogen and oxygen atoms in total. The van der Waals surface area contributed by atoms with Crippen molar-refractivity contribution in [3.63, 3.8) is 0 Å². The zero-order valence-electron chi connectivity index (χ0n) is 14.2. The van der Waals surface area contributed by atoms with Gasteiger partial charge in [0.25, 0.3) is 0 Å². The van der Waals surface area contributed by atoms with Crippen molar-refractivity contribution >= 4 is 0 Å². The molecular weight excluding hydrogens is 274 g/mol. The number of nitrogens with one attached hydrogen (secondary N) is 1. The lowest BCUT2D eigenvalue weighted by atomic mass is 10.1. The molecule has 1 saturated heterocycles. The smallest absolute Gasteiger partial charge is 0.122 e. The van der Waals surface area contributed by atoms with E-state index in [9.17, 15) is 0 Å². The fraction of sp³-hybridized carbons (Fsp3) is 0.579. The maximum Gasteiger partial charge on any atom is 0.122 e. The molecule has 1 N–H and O–H groups in total. The van der Waals surface area contributed by atoms with Crippen LogP contribution in [0.15, 0.2) is 30.9 Å². The lowest BCUT2D eigenvalue weighted by Crippen LogP contribution is -3.15. The van der Waals surface area contributed by atoms with E-state index < -0.39 is 0 Å². The van der Waals surface area contributed by atoms with E-state index in [4.69, 9.17) is 9.47 Å². The van der Waals surface area contributed by atoms with Crippen LogP contribution in [0, 0.1) is 6.92 Å². The minimum Gasteiger partial charge on any atom is -0.493 e. The molecule has 0 amide bonds. The van der Waals surface area contributed by atoms with Crippen LogP contribution in [-0.2, 0) is 11.2 Å². The predicted molar refractivity (Wildman–Crippen MR) is 90.8 cm³/mol. The summed E-state index contributed by atoms with van der Waals surface area (Å²) in [6.07, 6.45) is 4.62. The van der Waals surface area contributed by atoms with Gasteiger partial charge in [0.15, 0.2) is 0 Å². The number of allylic oxidation sites excluding steroid dienone is 1. The van der Waals surface area contributed by atoms with Crippen LogP contribution in [0.1, 0.15) is 31.4 Å². The molecule has 1 aromatic rings. The standard InChI is InChI=1S/C19H29NO2/c1-5-7-18-12-15(2)8-9-19(18)21-11-6-10-20-13-16(3)22-17(4)14-20/h5,8-9,12,16-17H,1,6-7,10-11,13-14H2,2-4H3/p+1/t16-,17+. The van der Waals surface area contributed by atoms with Crippen LogP contribution in [0.25, 0.3) is 0 Å². The summed E-state index contributed by atoms with van der Waals surface area (Å²) in [6.45, 7) is 14.4. The fourth-order valence-corrected chi connectivity index (χ4v) is 3.26. The van der Waals surface area contributed by atoms with Crippen molar-refractivity contribution in [3.05, 3.63) is 42.0 Å². The monoisotopic (exact) mass is 304 g/mol. The molecule has 1 aliphatic rings. The Morgan fingerprint density at radius 2 is 2.05 bits per heavy atom. The van der Waals surface area contributed by atoms with Crippen LogP contribution < -0.4 is 9.64 Å². The zero-order chi connectivity index (χ0) is 15.9. The molecule has 1 aromatic carbocycles. The van der Waals surface area contributed by atoms with Crippen molar-refractivity contribution in [1.29, 1.82) is 0 Å². The molecule has 0 bridgehead atoms. The van der Waals surface area contributed by atoms with Crippen molar-refractivity contribution in [2.24, 2.45) is 0 Å². The molecule has 3 heteroatoms. The first-order valence-corrected chi connectivity index (χ1v) is 8.40. The van der Waals surface area contributed by atoms with E-state index in [1.54, 1.807) is 4.90 Å². The highest BCUT2D eigenvalue weighted by atomic mass is 16.5. The van der Waals surface area contributed by atoms with Crippen LogP contribution in [0.5, 0.6) is 5.75 Å². The van der Waals surface area contributed by atoms with E-state index in [1.807, 2.05) is 6.08 Å². The molecule has 0 saturated carbocycles. The third-order valence-corrected chi connectivity index (χ3v) is 4.13. The summed E-state index contributed by atoms with van der Waals surface area (Å²) in [4.78, 5) is 1.63. The molecule has 1 unspecified atom stereocenters. The van der Waals surface area contributed by atoms with Gasteiger partial charge in [-0.1, -0.05) is 23.8 Å². The Hall–Kier alpha value is -1.32. The largest absolute Gasteiger partial charge is 0.493 e. The fourth-order valence-electron chi connectivity index (χ4n) is 3.26. The number of hydrogen-bond acceptors (Lipinski definition) is 2. The number of aryl methyl sites for hydroxylation is 1. The van der Waals surface area contributed by atoms with Crippen molar-refractivity contribution in [1.82, 2.24) is 0 Å². The maximum atomic E-state index is 6.00. The third-order valence-electron chi connectivity index (χ3n) is 4.13. The first-order valence-electron chi connectivity index (χ1n) is 8.40. The van der Waals surface area contributed by atoms with Gasteiger partial charge in [-0.25, -0.2) is 0 Å². The Morgan fingerprint density at radius 3 is 2.73 bits per heavy atom. The van der Waals surface area contributed by atoms with E-state index in [0.717, 1.165) is 44.8 Å². The van der Waals surface area contributed by atoms with Crippen molar-refractivity contribution in [2.75, 3.05) is 26.2 Å². The predicted octanol–water partition coefficient (Wildman–Crippen LogP) is 2.18. The lowest BCUT2D eigenvalue weighted by Gasteiger charge is -2.32. The highest BCUT2D eigenvalue weighted by Gasteiger charge is 2.24. The van der Waals surface area contributed by atoms with Gasteiger partial charge in [-0.2, -0.15) is 0 Å². The van der Waals surface area contributed by atoms with E-state index >= 15 is 0 Å². The normalized spacial score (nSPS) is 25.0. The van der Waals surface area contributed by atoms with Crippen LogP contribution >= 0.6 is 0 Å². The lowest BCUT2D eigenvalue weighted by molar-refractivity contribution is -0.915. The molecule has 0 radical (unpaired) electrons. The molecule has 0 aliphatic carbocycles. The number of quaternary nitrogens is 1. The molecule has 22 heavy (non-hydrogen) atoms.